The first kappa shape index (κ1) is 31.5. The molecule has 0 aliphatic rings. The number of methoxy groups -OCH3 is 1. The van der Waals surface area contributed by atoms with Crippen LogP contribution in [0.5, 0.6) is 0 Å². The predicted molar refractivity (Wildman–Crippen MR) is 167 cm³/mol. The van der Waals surface area contributed by atoms with E-state index < -0.39 is 27.6 Å². The molecule has 0 spiro atoms. The van der Waals surface area contributed by atoms with Gasteiger partial charge in [0.05, 0.1) is 37.5 Å². The van der Waals surface area contributed by atoms with Gasteiger partial charge in [0.1, 0.15) is 12.4 Å². The van der Waals surface area contributed by atoms with Crippen LogP contribution in [0.15, 0.2) is 96.0 Å². The Morgan fingerprint density at radius 1 is 0.884 bits per heavy atom. The molecule has 0 fully saturated rings. The minimum atomic E-state index is -3.28. The minimum Gasteiger partial charge on any atom is -0.444 e. The second kappa shape index (κ2) is 14.7. The summed E-state index contributed by atoms with van der Waals surface area (Å²) in [6.07, 6.45) is 0.501. The molecule has 0 aliphatic heterocycles. The number of ether oxygens (including phenoxy) is 2. The van der Waals surface area contributed by atoms with Crippen LogP contribution >= 0.6 is 23.2 Å². The fourth-order valence-corrected chi connectivity index (χ4v) is 5.54. The van der Waals surface area contributed by atoms with Gasteiger partial charge in [-0.15, -0.1) is 0 Å². The van der Waals surface area contributed by atoms with Gasteiger partial charge in [-0.25, -0.2) is 18.7 Å². The Labute approximate surface area is 258 Å². The number of rotatable bonds is 10. The van der Waals surface area contributed by atoms with Gasteiger partial charge in [0, 0.05) is 29.3 Å². The molecule has 1 atom stereocenters. The largest absolute Gasteiger partial charge is 0.444 e. The molecule has 4 rings (SSSR count). The number of carbonyl (C=O) groups is 3. The van der Waals surface area contributed by atoms with Crippen LogP contribution in [-0.4, -0.2) is 46.2 Å². The third-order valence-corrected chi connectivity index (χ3v) is 8.33. The lowest BCUT2D eigenvalue weighted by Crippen LogP contribution is -2.33. The third kappa shape index (κ3) is 8.79. The smallest absolute Gasteiger partial charge is 0.419 e. The zero-order chi connectivity index (χ0) is 30.8. The Bertz CT molecular complexity index is 1730. The average molecular weight is 642 g/mol. The summed E-state index contributed by atoms with van der Waals surface area (Å²) < 4.78 is 26.4. The summed E-state index contributed by atoms with van der Waals surface area (Å²) in [4.78, 5) is 42.8. The first-order chi connectivity index (χ1) is 20.7. The number of carbonyl (C=O) groups excluding carboxylic acids is 3. The van der Waals surface area contributed by atoms with Crippen molar-refractivity contribution in [1.29, 1.82) is 0 Å². The van der Waals surface area contributed by atoms with Gasteiger partial charge >= 0.3 is 6.09 Å². The molecule has 3 N–H and O–H groups in total. The van der Waals surface area contributed by atoms with Gasteiger partial charge in [-0.2, -0.15) is 0 Å². The molecule has 1 heterocycles. The number of halogens is 2. The lowest BCUT2D eigenvalue weighted by molar-refractivity contribution is 0.102. The van der Waals surface area contributed by atoms with E-state index in [2.05, 4.69) is 20.3 Å². The van der Waals surface area contributed by atoms with Gasteiger partial charge in [-0.1, -0.05) is 53.5 Å². The maximum absolute atomic E-state index is 13.7. The minimum absolute atomic E-state index is 0.00744. The Balaban J connectivity index is 1.48. The second-order valence-corrected chi connectivity index (χ2v) is 12.0. The zero-order valence-electron chi connectivity index (χ0n) is 22.7. The van der Waals surface area contributed by atoms with E-state index in [0.29, 0.717) is 5.02 Å². The van der Waals surface area contributed by atoms with Gasteiger partial charge in [0.2, 0.25) is 0 Å². The van der Waals surface area contributed by atoms with Gasteiger partial charge in [-0.05, 0) is 60.2 Å². The predicted octanol–water partition coefficient (Wildman–Crippen LogP) is 5.83. The topological polar surface area (TPSA) is 136 Å². The van der Waals surface area contributed by atoms with Gasteiger partial charge < -0.3 is 20.1 Å². The molecule has 3 aromatic carbocycles. The molecule has 13 heteroatoms. The van der Waals surface area contributed by atoms with Crippen LogP contribution < -0.4 is 15.4 Å². The van der Waals surface area contributed by atoms with Crippen LogP contribution in [0.4, 0.5) is 16.3 Å². The van der Waals surface area contributed by atoms with Crippen molar-refractivity contribution in [1.82, 2.24) is 9.71 Å². The summed E-state index contributed by atoms with van der Waals surface area (Å²) >= 11 is 12.0. The summed E-state index contributed by atoms with van der Waals surface area (Å²) in [5.74, 6) is -0.842. The van der Waals surface area contributed by atoms with Crippen molar-refractivity contribution in [3.63, 3.8) is 0 Å². The molecule has 1 aromatic heterocycles. The molecule has 0 saturated heterocycles. The highest BCUT2D eigenvalue weighted by atomic mass is 35.5. The van der Waals surface area contributed by atoms with Gasteiger partial charge in [0.15, 0.2) is 0 Å². The highest BCUT2D eigenvalue weighted by Crippen LogP contribution is 2.23. The summed E-state index contributed by atoms with van der Waals surface area (Å²) in [6.45, 7) is -0.0283. The standard InChI is InChI=1S/C30H26Cl2N4O6S/c1-41-15-16-43(40,36-30(39)42-19-20-5-3-2-4-6-20)24-11-7-21(8-12-24)28(37)34-26-13-9-22(31)17-25(26)29(38)35-27-14-10-23(32)18-33-27/h2-14,16-18H,15,19H2,1H3,(H,34,37)(H,33,35,38)(H,36,39,40). The van der Waals surface area contributed by atoms with E-state index in [1.807, 2.05) is 18.2 Å². The number of nitrogens with one attached hydrogen (secondary N) is 3. The molecule has 0 saturated carbocycles. The quantitative estimate of drug-likeness (QED) is 0.186. The van der Waals surface area contributed by atoms with Crippen molar-refractivity contribution >= 4 is 67.7 Å². The maximum atomic E-state index is 13.7. The number of benzene rings is 3. The van der Waals surface area contributed by atoms with Gasteiger partial charge in [0.25, 0.3) is 11.8 Å². The van der Waals surface area contributed by atoms with Crippen LogP contribution in [-0.2, 0) is 25.8 Å². The average Bonchev–Trinajstić information content (AvgIpc) is 3.01. The van der Waals surface area contributed by atoms with Crippen molar-refractivity contribution in [2.24, 2.45) is 0 Å². The number of nitrogens with zero attached hydrogens (tertiary/aromatic N) is 1. The zero-order valence-corrected chi connectivity index (χ0v) is 25.0. The number of pyridine rings is 1. The van der Waals surface area contributed by atoms with Crippen molar-refractivity contribution in [3.8, 4) is 0 Å². The number of hydrogen-bond acceptors (Lipinski definition) is 7. The van der Waals surface area contributed by atoms with Crippen molar-refractivity contribution < 1.29 is 28.1 Å². The molecule has 43 heavy (non-hydrogen) atoms. The monoisotopic (exact) mass is 640 g/mol. The van der Waals surface area contributed by atoms with Crippen molar-refractivity contribution in [2.45, 2.75) is 11.5 Å². The van der Waals surface area contributed by atoms with Gasteiger partial charge in [-0.3, -0.25) is 9.59 Å². The van der Waals surface area contributed by atoms with E-state index in [0.717, 1.165) is 5.56 Å². The molecule has 222 valence electrons. The summed E-state index contributed by atoms with van der Waals surface area (Å²) in [5, 5.41) is 7.34. The summed E-state index contributed by atoms with van der Waals surface area (Å²) in [6, 6.07) is 22.4. The maximum Gasteiger partial charge on any atom is 0.419 e. The molecular weight excluding hydrogens is 615 g/mol. The van der Waals surface area contributed by atoms with Crippen molar-refractivity contribution in [3.05, 3.63) is 118 Å². The molecular formula is C30H26Cl2N4O6S. The van der Waals surface area contributed by atoms with Crippen LogP contribution in [0.1, 0.15) is 26.3 Å². The highest BCUT2D eigenvalue weighted by Gasteiger charge is 2.19. The molecule has 0 radical (unpaired) electrons. The van der Waals surface area contributed by atoms with Crippen LogP contribution in [0.2, 0.25) is 10.0 Å². The Morgan fingerprint density at radius 2 is 1.60 bits per heavy atom. The summed E-state index contributed by atoms with van der Waals surface area (Å²) in [7, 11) is -1.85. The van der Waals surface area contributed by atoms with E-state index in [9.17, 15) is 18.6 Å². The van der Waals surface area contributed by atoms with E-state index in [4.69, 9.17) is 32.7 Å². The van der Waals surface area contributed by atoms with E-state index >= 15 is 0 Å². The lowest BCUT2D eigenvalue weighted by atomic mass is 10.1. The number of hydrogen-bond donors (Lipinski definition) is 3. The van der Waals surface area contributed by atoms with E-state index in [1.165, 1.54) is 67.2 Å². The van der Waals surface area contributed by atoms with Crippen LogP contribution in [0.25, 0.3) is 0 Å². The fraction of sp³-hybridized carbons (Fsp3) is 0.100. The third-order valence-electron chi connectivity index (χ3n) is 5.83. The molecule has 0 bridgehead atoms. The number of aromatic nitrogens is 1. The molecule has 0 aliphatic carbocycles. The molecule has 4 aromatic rings. The van der Waals surface area contributed by atoms with Crippen LogP contribution in [0, 0.1) is 0 Å². The second-order valence-electron chi connectivity index (χ2n) is 8.87. The SMILES string of the molecule is COCC=S(=O)(NC(=O)OCc1ccccc1)c1ccc(C(=O)Nc2ccc(Cl)cc2C(=O)Nc2ccc(Cl)cn2)cc1. The molecule has 10 nitrogen and oxygen atoms in total. The Kier molecular flexibility index (Phi) is 10.7. The normalized spacial score (nSPS) is 12.0. The fourth-order valence-electron chi connectivity index (χ4n) is 3.69. The van der Waals surface area contributed by atoms with Crippen molar-refractivity contribution in [2.75, 3.05) is 24.4 Å². The number of anilines is 2. The molecule has 3 amide bonds. The summed E-state index contributed by atoms with van der Waals surface area (Å²) in [5.41, 5.74) is 1.27. The lowest BCUT2D eigenvalue weighted by Gasteiger charge is -2.15. The Morgan fingerprint density at radius 3 is 2.28 bits per heavy atom. The highest BCUT2D eigenvalue weighted by molar-refractivity contribution is 8.00. The first-order valence-corrected chi connectivity index (χ1v) is 15.0. The van der Waals surface area contributed by atoms with E-state index in [1.54, 1.807) is 18.2 Å². The molecule has 1 unspecified atom stereocenters. The Hall–Kier alpha value is -4.42. The van der Waals surface area contributed by atoms with Crippen LogP contribution in [0.3, 0.4) is 0 Å². The number of amides is 3. The van der Waals surface area contributed by atoms with E-state index in [-0.39, 0.29) is 45.8 Å². The first-order valence-electron chi connectivity index (χ1n) is 12.7.